The van der Waals surface area contributed by atoms with Gasteiger partial charge in [-0.1, -0.05) is 6.08 Å². The lowest BCUT2D eigenvalue weighted by Gasteiger charge is -2.18. The molecule has 80 valence electrons. The van der Waals surface area contributed by atoms with Gasteiger partial charge in [0.15, 0.2) is 0 Å². The molecular formula is C11H13FN2O. The quantitative estimate of drug-likeness (QED) is 0.559. The van der Waals surface area contributed by atoms with Crippen LogP contribution in [0.1, 0.15) is 17.3 Å². The van der Waals surface area contributed by atoms with Crippen LogP contribution in [0.3, 0.4) is 0 Å². The Hall–Kier alpha value is -1.71. The summed E-state index contributed by atoms with van der Waals surface area (Å²) in [7, 11) is 0. The van der Waals surface area contributed by atoms with Crippen molar-refractivity contribution in [1.29, 1.82) is 0 Å². The zero-order valence-electron chi connectivity index (χ0n) is 8.61. The summed E-state index contributed by atoms with van der Waals surface area (Å²) in [5.74, 6) is -0.853. The van der Waals surface area contributed by atoms with Crippen LogP contribution in [0.2, 0.25) is 0 Å². The molecule has 1 amide bonds. The van der Waals surface area contributed by atoms with Crippen LogP contribution >= 0.6 is 0 Å². The predicted octanol–water partition coefficient (Wildman–Crippen LogP) is 1.87. The van der Waals surface area contributed by atoms with Gasteiger partial charge in [0.2, 0.25) is 5.95 Å². The monoisotopic (exact) mass is 208 g/mol. The molecule has 1 aromatic heterocycles. The number of pyridine rings is 1. The number of halogens is 1. The number of likely N-dealkylation sites (N-methyl/N-ethyl adjacent to an activating group) is 1. The number of aromatic nitrogens is 1. The van der Waals surface area contributed by atoms with Crippen molar-refractivity contribution >= 4 is 5.91 Å². The smallest absolute Gasteiger partial charge is 0.254 e. The second-order valence-corrected chi connectivity index (χ2v) is 3.00. The minimum Gasteiger partial charge on any atom is -0.335 e. The summed E-state index contributed by atoms with van der Waals surface area (Å²) in [6.45, 7) is 6.44. The molecule has 0 spiro atoms. The van der Waals surface area contributed by atoms with Crippen molar-refractivity contribution in [2.75, 3.05) is 13.1 Å². The second-order valence-electron chi connectivity index (χ2n) is 3.00. The van der Waals surface area contributed by atoms with Crippen molar-refractivity contribution in [3.63, 3.8) is 0 Å². The van der Waals surface area contributed by atoms with E-state index in [4.69, 9.17) is 0 Å². The lowest BCUT2D eigenvalue weighted by Crippen LogP contribution is -2.30. The Labute approximate surface area is 88.2 Å². The fourth-order valence-electron chi connectivity index (χ4n) is 1.23. The molecule has 0 fully saturated rings. The Balaban J connectivity index is 2.87. The van der Waals surface area contributed by atoms with Gasteiger partial charge in [0.05, 0.1) is 0 Å². The van der Waals surface area contributed by atoms with E-state index in [1.807, 2.05) is 6.92 Å². The summed E-state index contributed by atoms with van der Waals surface area (Å²) in [4.78, 5) is 16.8. The summed E-state index contributed by atoms with van der Waals surface area (Å²) in [6, 6.07) is 2.63. The van der Waals surface area contributed by atoms with E-state index in [1.54, 1.807) is 11.0 Å². The average molecular weight is 208 g/mol. The van der Waals surface area contributed by atoms with Crippen LogP contribution in [0.15, 0.2) is 31.0 Å². The first kappa shape index (κ1) is 11.4. The van der Waals surface area contributed by atoms with E-state index in [0.29, 0.717) is 18.7 Å². The number of rotatable bonds is 4. The molecule has 4 heteroatoms. The Morgan fingerprint density at radius 1 is 1.73 bits per heavy atom. The topological polar surface area (TPSA) is 33.2 Å². The highest BCUT2D eigenvalue weighted by atomic mass is 19.1. The summed E-state index contributed by atoms with van der Waals surface area (Å²) < 4.78 is 12.8. The van der Waals surface area contributed by atoms with Crippen LogP contribution in [0.4, 0.5) is 4.39 Å². The molecular weight excluding hydrogens is 195 g/mol. The van der Waals surface area contributed by atoms with E-state index in [9.17, 15) is 9.18 Å². The Bertz CT molecular complexity index is 365. The molecule has 0 aliphatic rings. The number of hydrogen-bond acceptors (Lipinski definition) is 2. The van der Waals surface area contributed by atoms with Gasteiger partial charge in [-0.3, -0.25) is 4.79 Å². The largest absolute Gasteiger partial charge is 0.335 e. The maximum absolute atomic E-state index is 12.8. The molecule has 0 aliphatic carbocycles. The number of nitrogens with zero attached hydrogens (tertiary/aromatic N) is 2. The Morgan fingerprint density at radius 2 is 2.47 bits per heavy atom. The predicted molar refractivity (Wildman–Crippen MR) is 56.0 cm³/mol. The van der Waals surface area contributed by atoms with Gasteiger partial charge >= 0.3 is 0 Å². The molecule has 1 aromatic rings. The van der Waals surface area contributed by atoms with E-state index < -0.39 is 5.95 Å². The van der Waals surface area contributed by atoms with Crippen LogP contribution in [0.25, 0.3) is 0 Å². The highest BCUT2D eigenvalue weighted by Crippen LogP contribution is 2.05. The van der Waals surface area contributed by atoms with Crippen molar-refractivity contribution in [3.8, 4) is 0 Å². The molecule has 15 heavy (non-hydrogen) atoms. The third-order valence-electron chi connectivity index (χ3n) is 1.99. The zero-order chi connectivity index (χ0) is 11.3. The molecule has 0 saturated carbocycles. The van der Waals surface area contributed by atoms with Crippen LogP contribution < -0.4 is 0 Å². The Morgan fingerprint density at radius 3 is 3.00 bits per heavy atom. The normalized spacial score (nSPS) is 9.73. The van der Waals surface area contributed by atoms with Crippen molar-refractivity contribution in [1.82, 2.24) is 9.88 Å². The van der Waals surface area contributed by atoms with Gasteiger partial charge in [0.1, 0.15) is 0 Å². The van der Waals surface area contributed by atoms with Gasteiger partial charge in [-0.25, -0.2) is 4.98 Å². The first-order valence-electron chi connectivity index (χ1n) is 4.70. The van der Waals surface area contributed by atoms with Gasteiger partial charge in [0.25, 0.3) is 5.91 Å². The number of hydrogen-bond donors (Lipinski definition) is 0. The van der Waals surface area contributed by atoms with E-state index in [1.165, 1.54) is 12.3 Å². The van der Waals surface area contributed by atoms with Crippen LogP contribution in [-0.2, 0) is 0 Å². The van der Waals surface area contributed by atoms with Crippen molar-refractivity contribution in [2.45, 2.75) is 6.92 Å². The lowest BCUT2D eigenvalue weighted by atomic mass is 10.2. The molecule has 0 radical (unpaired) electrons. The highest BCUT2D eigenvalue weighted by molar-refractivity contribution is 5.94. The fourth-order valence-corrected chi connectivity index (χ4v) is 1.23. The molecule has 0 atom stereocenters. The van der Waals surface area contributed by atoms with E-state index in [2.05, 4.69) is 11.6 Å². The number of amides is 1. The number of carbonyl (C=O) groups is 1. The first-order valence-corrected chi connectivity index (χ1v) is 4.70. The zero-order valence-corrected chi connectivity index (χ0v) is 8.61. The molecule has 3 nitrogen and oxygen atoms in total. The van der Waals surface area contributed by atoms with Gasteiger partial charge < -0.3 is 4.90 Å². The van der Waals surface area contributed by atoms with Gasteiger partial charge in [-0.2, -0.15) is 4.39 Å². The number of carbonyl (C=O) groups excluding carboxylic acids is 1. The van der Waals surface area contributed by atoms with E-state index in [0.717, 1.165) is 6.07 Å². The van der Waals surface area contributed by atoms with Gasteiger partial charge in [-0.05, 0) is 13.0 Å². The molecule has 1 heterocycles. The maximum atomic E-state index is 12.8. The minimum absolute atomic E-state index is 0.210. The van der Waals surface area contributed by atoms with E-state index in [-0.39, 0.29) is 5.91 Å². The standard InChI is InChI=1S/C11H13FN2O/c1-3-7-14(4-2)11(15)9-5-6-13-10(12)8-9/h3,5-6,8H,1,4,7H2,2H3. The van der Waals surface area contributed by atoms with Crippen LogP contribution in [0.5, 0.6) is 0 Å². The summed E-state index contributed by atoms with van der Waals surface area (Å²) in [5, 5.41) is 0. The van der Waals surface area contributed by atoms with Crippen LogP contribution in [0, 0.1) is 5.95 Å². The third kappa shape index (κ3) is 2.87. The molecule has 0 aliphatic heterocycles. The fraction of sp³-hybridized carbons (Fsp3) is 0.273. The van der Waals surface area contributed by atoms with Gasteiger partial charge in [-0.15, -0.1) is 6.58 Å². The lowest BCUT2D eigenvalue weighted by molar-refractivity contribution is 0.0781. The molecule has 1 rings (SSSR count). The summed E-state index contributed by atoms with van der Waals surface area (Å²) in [5.41, 5.74) is 0.311. The molecule has 0 saturated heterocycles. The first-order chi connectivity index (χ1) is 7.19. The van der Waals surface area contributed by atoms with Crippen molar-refractivity contribution < 1.29 is 9.18 Å². The molecule has 0 unspecified atom stereocenters. The van der Waals surface area contributed by atoms with Crippen molar-refractivity contribution in [2.24, 2.45) is 0 Å². The molecule has 0 aromatic carbocycles. The van der Waals surface area contributed by atoms with Crippen LogP contribution in [-0.4, -0.2) is 28.9 Å². The maximum Gasteiger partial charge on any atom is 0.254 e. The SMILES string of the molecule is C=CCN(CC)C(=O)c1ccnc(F)c1. The van der Waals surface area contributed by atoms with Gasteiger partial charge in [0, 0.05) is 30.9 Å². The summed E-state index contributed by atoms with van der Waals surface area (Å²) >= 11 is 0. The average Bonchev–Trinajstić information content (AvgIpc) is 2.25. The Kier molecular flexibility index (Phi) is 3.97. The van der Waals surface area contributed by atoms with Crippen molar-refractivity contribution in [3.05, 3.63) is 42.5 Å². The minimum atomic E-state index is -0.643. The third-order valence-corrected chi connectivity index (χ3v) is 1.99. The summed E-state index contributed by atoms with van der Waals surface area (Å²) in [6.07, 6.45) is 2.92. The highest BCUT2D eigenvalue weighted by Gasteiger charge is 2.13. The molecule has 0 bridgehead atoms. The van der Waals surface area contributed by atoms with E-state index >= 15 is 0 Å². The molecule has 0 N–H and O–H groups in total. The second kappa shape index (κ2) is 5.24.